The molecule has 0 heterocycles. The van der Waals surface area contributed by atoms with Gasteiger partial charge in [-0.05, 0) is 32.8 Å². The number of ether oxygens (including phenoxy) is 1. The fraction of sp³-hybridized carbons (Fsp3) is 0.526. The molecular formula is C19H24F3NO6. The first kappa shape index (κ1) is 24.6. The van der Waals surface area contributed by atoms with E-state index in [4.69, 9.17) is 4.74 Å². The number of amides is 1. The summed E-state index contributed by atoms with van der Waals surface area (Å²) in [7, 11) is 0. The first-order valence-electron chi connectivity index (χ1n) is 8.77. The summed E-state index contributed by atoms with van der Waals surface area (Å²) in [4.78, 5) is 34.1. The normalized spacial score (nSPS) is 14.1. The molecule has 0 aromatic heterocycles. The van der Waals surface area contributed by atoms with Gasteiger partial charge in [-0.25, -0.2) is 4.79 Å². The van der Waals surface area contributed by atoms with E-state index in [9.17, 15) is 37.8 Å². The van der Waals surface area contributed by atoms with E-state index in [2.05, 4.69) is 5.32 Å². The standard InChI is InChI=1S/C19H24F3NO6/c1-18(2,3)29-17(28)23-9-8-13(24)16(27)12-6-4-11(5-7-12)14(25)10-15(26)19(20,21)22/h4-7,13,16,24,27H,8-10H2,1-3H3,(H,23,28). The molecule has 1 rings (SSSR count). The third-order valence-electron chi connectivity index (χ3n) is 3.68. The van der Waals surface area contributed by atoms with Gasteiger partial charge in [-0.3, -0.25) is 9.59 Å². The number of ketones is 2. The van der Waals surface area contributed by atoms with E-state index >= 15 is 0 Å². The highest BCUT2D eigenvalue weighted by atomic mass is 19.4. The fourth-order valence-electron chi connectivity index (χ4n) is 2.23. The average Bonchev–Trinajstić information content (AvgIpc) is 2.58. The number of benzene rings is 1. The molecule has 0 bridgehead atoms. The summed E-state index contributed by atoms with van der Waals surface area (Å²) in [6.07, 6.45) is -9.65. The molecule has 7 nitrogen and oxygen atoms in total. The molecule has 0 aliphatic carbocycles. The molecule has 3 N–H and O–H groups in total. The lowest BCUT2D eigenvalue weighted by Crippen LogP contribution is -2.34. The number of nitrogens with one attached hydrogen (secondary N) is 1. The topological polar surface area (TPSA) is 113 Å². The molecular weight excluding hydrogens is 395 g/mol. The monoisotopic (exact) mass is 419 g/mol. The van der Waals surface area contributed by atoms with Gasteiger partial charge in [0.15, 0.2) is 5.78 Å². The second kappa shape index (κ2) is 9.84. The molecule has 0 saturated heterocycles. The molecule has 0 fully saturated rings. The van der Waals surface area contributed by atoms with Crippen molar-refractivity contribution in [1.82, 2.24) is 5.32 Å². The Hall–Kier alpha value is -2.46. The van der Waals surface area contributed by atoms with Crippen molar-refractivity contribution in [3.8, 4) is 0 Å². The number of alkyl halides is 3. The van der Waals surface area contributed by atoms with Crippen LogP contribution in [0.1, 0.15) is 55.6 Å². The van der Waals surface area contributed by atoms with Gasteiger partial charge in [0.1, 0.15) is 11.7 Å². The fourth-order valence-corrected chi connectivity index (χ4v) is 2.23. The Morgan fingerprint density at radius 3 is 2.10 bits per heavy atom. The van der Waals surface area contributed by atoms with E-state index in [0.717, 1.165) is 12.1 Å². The molecule has 0 saturated carbocycles. The number of carbonyl (C=O) groups is 3. The van der Waals surface area contributed by atoms with Crippen LogP contribution < -0.4 is 5.32 Å². The van der Waals surface area contributed by atoms with E-state index < -0.39 is 48.1 Å². The van der Waals surface area contributed by atoms with Crippen molar-refractivity contribution < 1.29 is 42.5 Å². The quantitative estimate of drug-likeness (QED) is 0.441. The van der Waals surface area contributed by atoms with E-state index in [-0.39, 0.29) is 24.1 Å². The maximum Gasteiger partial charge on any atom is 0.450 e. The molecule has 2 unspecified atom stereocenters. The Balaban J connectivity index is 2.58. The predicted octanol–water partition coefficient (Wildman–Crippen LogP) is 2.70. The smallest absolute Gasteiger partial charge is 0.444 e. The molecule has 0 spiro atoms. The molecule has 2 atom stereocenters. The van der Waals surface area contributed by atoms with Crippen LogP contribution in [-0.4, -0.2) is 52.3 Å². The third-order valence-corrected chi connectivity index (χ3v) is 3.68. The summed E-state index contributed by atoms with van der Waals surface area (Å²) in [5.74, 6) is -3.14. The number of carbonyl (C=O) groups excluding carboxylic acids is 3. The summed E-state index contributed by atoms with van der Waals surface area (Å²) in [6.45, 7) is 5.11. The van der Waals surface area contributed by atoms with Gasteiger partial charge in [0.2, 0.25) is 5.78 Å². The van der Waals surface area contributed by atoms with E-state index in [1.807, 2.05) is 0 Å². The molecule has 0 aliphatic heterocycles. The number of aliphatic hydroxyl groups is 2. The SMILES string of the molecule is CC(C)(C)OC(=O)NCCC(O)C(O)c1ccc(C(=O)CC(=O)C(F)(F)F)cc1. The molecule has 1 aromatic carbocycles. The summed E-state index contributed by atoms with van der Waals surface area (Å²) >= 11 is 0. The summed E-state index contributed by atoms with van der Waals surface area (Å²) in [5.41, 5.74) is -0.584. The zero-order valence-corrected chi connectivity index (χ0v) is 16.2. The Labute approximate surface area is 165 Å². The summed E-state index contributed by atoms with van der Waals surface area (Å²) in [5, 5.41) is 22.6. The van der Waals surface area contributed by atoms with Gasteiger partial charge < -0.3 is 20.3 Å². The van der Waals surface area contributed by atoms with Gasteiger partial charge in [-0.1, -0.05) is 24.3 Å². The van der Waals surface area contributed by atoms with Gasteiger partial charge in [0.05, 0.1) is 12.5 Å². The Morgan fingerprint density at radius 2 is 1.62 bits per heavy atom. The molecule has 1 amide bonds. The second-order valence-electron chi connectivity index (χ2n) is 7.37. The van der Waals surface area contributed by atoms with Gasteiger partial charge in [0, 0.05) is 12.1 Å². The van der Waals surface area contributed by atoms with Crippen LogP contribution in [0.3, 0.4) is 0 Å². The van der Waals surface area contributed by atoms with Gasteiger partial charge >= 0.3 is 12.3 Å². The van der Waals surface area contributed by atoms with Crippen molar-refractivity contribution >= 4 is 17.7 Å². The number of Topliss-reactive ketones (excluding diaryl/α,β-unsaturated/α-hetero) is 2. The third kappa shape index (κ3) is 8.61. The Bertz CT molecular complexity index is 725. The average molecular weight is 419 g/mol. The number of alkyl carbamates (subject to hydrolysis) is 1. The van der Waals surface area contributed by atoms with Crippen molar-refractivity contribution in [3.05, 3.63) is 35.4 Å². The van der Waals surface area contributed by atoms with Gasteiger partial charge in [-0.2, -0.15) is 13.2 Å². The van der Waals surface area contributed by atoms with Crippen LogP contribution in [0.5, 0.6) is 0 Å². The summed E-state index contributed by atoms with van der Waals surface area (Å²) < 4.78 is 41.7. The van der Waals surface area contributed by atoms with Crippen molar-refractivity contribution in [2.45, 2.75) is 57.6 Å². The Morgan fingerprint density at radius 1 is 1.07 bits per heavy atom. The van der Waals surface area contributed by atoms with Crippen molar-refractivity contribution in [2.24, 2.45) is 0 Å². The van der Waals surface area contributed by atoms with Crippen LogP contribution >= 0.6 is 0 Å². The van der Waals surface area contributed by atoms with Crippen LogP contribution in [0.2, 0.25) is 0 Å². The van der Waals surface area contributed by atoms with E-state index in [0.29, 0.717) is 0 Å². The molecule has 1 aromatic rings. The number of hydrogen-bond acceptors (Lipinski definition) is 6. The van der Waals surface area contributed by atoms with Crippen LogP contribution in [0.25, 0.3) is 0 Å². The predicted molar refractivity (Wildman–Crippen MR) is 96.3 cm³/mol. The van der Waals surface area contributed by atoms with E-state index in [1.54, 1.807) is 20.8 Å². The largest absolute Gasteiger partial charge is 0.450 e. The number of rotatable bonds is 8. The molecule has 162 valence electrons. The van der Waals surface area contributed by atoms with Crippen LogP contribution in [0, 0.1) is 0 Å². The maximum absolute atomic E-state index is 12.2. The van der Waals surface area contributed by atoms with Crippen molar-refractivity contribution in [2.75, 3.05) is 6.54 Å². The first-order valence-corrected chi connectivity index (χ1v) is 8.77. The highest BCUT2D eigenvalue weighted by Crippen LogP contribution is 2.22. The minimum absolute atomic E-state index is 0.00117. The lowest BCUT2D eigenvalue weighted by Gasteiger charge is -2.21. The maximum atomic E-state index is 12.2. The van der Waals surface area contributed by atoms with Gasteiger partial charge in [0.25, 0.3) is 0 Å². The minimum atomic E-state index is -5.08. The molecule has 10 heteroatoms. The minimum Gasteiger partial charge on any atom is -0.444 e. The zero-order chi connectivity index (χ0) is 22.4. The van der Waals surface area contributed by atoms with E-state index in [1.165, 1.54) is 12.1 Å². The van der Waals surface area contributed by atoms with Gasteiger partial charge in [-0.15, -0.1) is 0 Å². The highest BCUT2D eigenvalue weighted by Gasteiger charge is 2.39. The summed E-state index contributed by atoms with van der Waals surface area (Å²) in [6, 6.07) is 4.85. The molecule has 0 aliphatic rings. The van der Waals surface area contributed by atoms with Crippen molar-refractivity contribution in [3.63, 3.8) is 0 Å². The highest BCUT2D eigenvalue weighted by molar-refractivity contribution is 6.09. The number of halogens is 3. The first-order chi connectivity index (χ1) is 13.2. The Kier molecular flexibility index (Phi) is 8.34. The number of hydrogen-bond donors (Lipinski definition) is 3. The zero-order valence-electron chi connectivity index (χ0n) is 16.2. The van der Waals surface area contributed by atoms with Crippen LogP contribution in [-0.2, 0) is 9.53 Å². The number of aliphatic hydroxyl groups excluding tert-OH is 2. The lowest BCUT2D eigenvalue weighted by atomic mass is 9.98. The second-order valence-corrected chi connectivity index (χ2v) is 7.37. The molecule has 0 radical (unpaired) electrons. The molecule has 29 heavy (non-hydrogen) atoms. The van der Waals surface area contributed by atoms with Crippen LogP contribution in [0.15, 0.2) is 24.3 Å². The van der Waals surface area contributed by atoms with Crippen molar-refractivity contribution in [1.29, 1.82) is 0 Å². The van der Waals surface area contributed by atoms with Crippen LogP contribution in [0.4, 0.5) is 18.0 Å². The lowest BCUT2D eigenvalue weighted by molar-refractivity contribution is -0.170.